The Labute approximate surface area is 50.8 Å². The van der Waals surface area contributed by atoms with Gasteiger partial charge in [-0.2, -0.15) is 0 Å². The van der Waals surface area contributed by atoms with Crippen LogP contribution >= 0.6 is 0 Å². The van der Waals surface area contributed by atoms with Gasteiger partial charge in [-0.1, -0.05) is 12.2 Å². The maximum Gasteiger partial charge on any atom is 0.0224 e. The molecule has 0 aliphatic carbocycles. The Morgan fingerprint density at radius 3 is 2.62 bits per heavy atom. The van der Waals surface area contributed by atoms with E-state index in [0.717, 1.165) is 0 Å². The number of nitrogens with one attached hydrogen (secondary N) is 1. The van der Waals surface area contributed by atoms with Crippen LogP contribution in [-0.2, 0) is 0 Å². The second kappa shape index (κ2) is 2.31. The van der Waals surface area contributed by atoms with Crippen LogP contribution in [0.5, 0.6) is 0 Å². The Hall–Kier alpha value is -0.300. The van der Waals surface area contributed by atoms with Crippen molar-refractivity contribution in [1.29, 1.82) is 0 Å². The van der Waals surface area contributed by atoms with Crippen LogP contribution in [0.4, 0.5) is 0 Å². The molecule has 0 amide bonds. The molecule has 1 N–H and O–H groups in total. The van der Waals surface area contributed by atoms with Crippen LogP contribution in [0.3, 0.4) is 0 Å². The van der Waals surface area contributed by atoms with Crippen molar-refractivity contribution < 1.29 is 0 Å². The minimum absolute atomic E-state index is 0.582. The van der Waals surface area contributed by atoms with Gasteiger partial charge >= 0.3 is 0 Å². The van der Waals surface area contributed by atoms with Gasteiger partial charge in [0.05, 0.1) is 0 Å². The second-order valence-corrected chi connectivity index (χ2v) is 2.52. The molecule has 8 heavy (non-hydrogen) atoms. The van der Waals surface area contributed by atoms with Gasteiger partial charge in [0.15, 0.2) is 0 Å². The highest BCUT2D eigenvalue weighted by molar-refractivity contribution is 4.98. The van der Waals surface area contributed by atoms with Gasteiger partial charge in [-0.15, -0.1) is 0 Å². The summed E-state index contributed by atoms with van der Waals surface area (Å²) >= 11 is 0. The molecule has 0 aromatic rings. The molecule has 1 heterocycles. The molecular formula is C7H13N. The molecule has 1 heteroatoms. The molecule has 1 rings (SSSR count). The van der Waals surface area contributed by atoms with Crippen molar-refractivity contribution in [2.24, 2.45) is 0 Å². The fourth-order valence-electron chi connectivity index (χ4n) is 1.06. The Bertz CT molecular complexity index is 96.6. The van der Waals surface area contributed by atoms with E-state index in [9.17, 15) is 0 Å². The van der Waals surface area contributed by atoms with Gasteiger partial charge in [0.25, 0.3) is 0 Å². The van der Waals surface area contributed by atoms with Crippen molar-refractivity contribution in [3.63, 3.8) is 0 Å². The summed E-state index contributed by atoms with van der Waals surface area (Å²) in [6.07, 6.45) is 5.64. The zero-order valence-electron chi connectivity index (χ0n) is 5.52. The van der Waals surface area contributed by atoms with E-state index in [1.54, 1.807) is 0 Å². The van der Waals surface area contributed by atoms with Gasteiger partial charge in [0.2, 0.25) is 0 Å². The minimum Gasteiger partial charge on any atom is -0.308 e. The molecule has 0 unspecified atom stereocenters. The standard InChI is InChI=1S/C7H13N/c1-6-4-3-5-7(2)8-6/h3-4,6-8H,5H2,1-2H3/t6-,7+/m1/s1. The third-order valence-electron chi connectivity index (χ3n) is 1.46. The summed E-state index contributed by atoms with van der Waals surface area (Å²) < 4.78 is 0. The van der Waals surface area contributed by atoms with Gasteiger partial charge in [0.1, 0.15) is 0 Å². The predicted molar refractivity (Wildman–Crippen MR) is 35.8 cm³/mol. The van der Waals surface area contributed by atoms with Crippen LogP contribution < -0.4 is 5.32 Å². The van der Waals surface area contributed by atoms with E-state index >= 15 is 0 Å². The molecule has 0 aromatic heterocycles. The highest BCUT2D eigenvalue weighted by atomic mass is 14.9. The van der Waals surface area contributed by atoms with Crippen molar-refractivity contribution in [3.8, 4) is 0 Å². The first kappa shape index (κ1) is 5.83. The van der Waals surface area contributed by atoms with E-state index in [1.807, 2.05) is 0 Å². The molecule has 1 aliphatic rings. The quantitative estimate of drug-likeness (QED) is 0.465. The Morgan fingerprint density at radius 2 is 2.25 bits per heavy atom. The Kier molecular flexibility index (Phi) is 1.69. The van der Waals surface area contributed by atoms with Gasteiger partial charge in [0, 0.05) is 12.1 Å². The lowest BCUT2D eigenvalue weighted by atomic mass is 10.1. The van der Waals surface area contributed by atoms with Crippen LogP contribution in [0.2, 0.25) is 0 Å². The molecule has 2 atom stereocenters. The largest absolute Gasteiger partial charge is 0.308 e. The molecule has 0 fully saturated rings. The zero-order chi connectivity index (χ0) is 5.98. The first-order chi connectivity index (χ1) is 3.79. The average Bonchev–Trinajstić information content (AvgIpc) is 1.64. The molecular weight excluding hydrogens is 98.1 g/mol. The lowest BCUT2D eigenvalue weighted by Crippen LogP contribution is -2.35. The summed E-state index contributed by atoms with van der Waals surface area (Å²) in [5.74, 6) is 0. The monoisotopic (exact) mass is 111 g/mol. The molecule has 0 aromatic carbocycles. The maximum absolute atomic E-state index is 3.39. The number of hydrogen-bond acceptors (Lipinski definition) is 1. The third-order valence-corrected chi connectivity index (χ3v) is 1.46. The predicted octanol–water partition coefficient (Wildman–Crippen LogP) is 1.31. The van der Waals surface area contributed by atoms with Crippen LogP contribution in [0, 0.1) is 0 Å². The van der Waals surface area contributed by atoms with Crippen molar-refractivity contribution in [1.82, 2.24) is 5.32 Å². The van der Waals surface area contributed by atoms with Crippen LogP contribution in [0.25, 0.3) is 0 Å². The molecule has 0 spiro atoms. The third kappa shape index (κ3) is 1.34. The lowest BCUT2D eigenvalue weighted by molar-refractivity contribution is 0.499. The van der Waals surface area contributed by atoms with E-state index in [0.29, 0.717) is 12.1 Å². The van der Waals surface area contributed by atoms with E-state index in [2.05, 4.69) is 31.3 Å². The van der Waals surface area contributed by atoms with E-state index in [4.69, 9.17) is 0 Å². The van der Waals surface area contributed by atoms with Crippen molar-refractivity contribution in [3.05, 3.63) is 12.2 Å². The average molecular weight is 111 g/mol. The summed E-state index contributed by atoms with van der Waals surface area (Å²) in [6, 6.07) is 1.26. The Balaban J connectivity index is 2.42. The summed E-state index contributed by atoms with van der Waals surface area (Å²) in [5, 5.41) is 3.39. The minimum atomic E-state index is 0.582. The zero-order valence-corrected chi connectivity index (χ0v) is 5.52. The van der Waals surface area contributed by atoms with E-state index < -0.39 is 0 Å². The highest BCUT2D eigenvalue weighted by Gasteiger charge is 2.06. The highest BCUT2D eigenvalue weighted by Crippen LogP contribution is 2.01. The Morgan fingerprint density at radius 1 is 1.50 bits per heavy atom. The summed E-state index contributed by atoms with van der Waals surface area (Å²) in [7, 11) is 0. The van der Waals surface area contributed by atoms with Crippen molar-refractivity contribution >= 4 is 0 Å². The fourth-order valence-corrected chi connectivity index (χ4v) is 1.06. The van der Waals surface area contributed by atoms with Crippen LogP contribution in [-0.4, -0.2) is 12.1 Å². The molecule has 0 bridgehead atoms. The van der Waals surface area contributed by atoms with E-state index in [1.165, 1.54) is 6.42 Å². The SMILES string of the molecule is C[C@@H]1C=CC[C@H](C)N1. The lowest BCUT2D eigenvalue weighted by Gasteiger charge is -2.20. The van der Waals surface area contributed by atoms with Crippen LogP contribution in [0.1, 0.15) is 20.3 Å². The maximum atomic E-state index is 3.39. The van der Waals surface area contributed by atoms with Crippen molar-refractivity contribution in [2.45, 2.75) is 32.4 Å². The molecule has 46 valence electrons. The smallest absolute Gasteiger partial charge is 0.0224 e. The number of hydrogen-bond donors (Lipinski definition) is 1. The molecule has 0 saturated heterocycles. The molecule has 0 saturated carbocycles. The topological polar surface area (TPSA) is 12.0 Å². The molecule has 1 aliphatic heterocycles. The van der Waals surface area contributed by atoms with Gasteiger partial charge < -0.3 is 5.32 Å². The summed E-state index contributed by atoms with van der Waals surface area (Å²) in [4.78, 5) is 0. The summed E-state index contributed by atoms with van der Waals surface area (Å²) in [5.41, 5.74) is 0. The summed E-state index contributed by atoms with van der Waals surface area (Å²) in [6.45, 7) is 4.38. The normalized spacial score (nSPS) is 37.8. The molecule has 0 radical (unpaired) electrons. The van der Waals surface area contributed by atoms with Crippen LogP contribution in [0.15, 0.2) is 12.2 Å². The fraction of sp³-hybridized carbons (Fsp3) is 0.714. The first-order valence-corrected chi connectivity index (χ1v) is 3.22. The second-order valence-electron chi connectivity index (χ2n) is 2.52. The van der Waals surface area contributed by atoms with Gasteiger partial charge in [-0.05, 0) is 20.3 Å². The van der Waals surface area contributed by atoms with E-state index in [-0.39, 0.29) is 0 Å². The van der Waals surface area contributed by atoms with Crippen molar-refractivity contribution in [2.75, 3.05) is 0 Å². The molecule has 1 nitrogen and oxygen atoms in total. The first-order valence-electron chi connectivity index (χ1n) is 3.22. The number of rotatable bonds is 0. The van der Waals surface area contributed by atoms with Gasteiger partial charge in [-0.3, -0.25) is 0 Å². The van der Waals surface area contributed by atoms with Gasteiger partial charge in [-0.25, -0.2) is 0 Å².